The summed E-state index contributed by atoms with van der Waals surface area (Å²) in [6, 6.07) is 0. The molecule has 5 rings (SSSR count). The Morgan fingerprint density at radius 1 is 1.06 bits per heavy atom. The molecule has 0 bridgehead atoms. The summed E-state index contributed by atoms with van der Waals surface area (Å²) in [5, 5.41) is 10.3. The fraction of sp³-hybridized carbons (Fsp3) is 0.897. The standard InChI is InChI=1S/C29H46O2/c1-18(2)19(3)7-8-20(4)22-10-11-27(6)25-16-24(31)23-15-21(30)9-12-28(23)17-29(25,28)14-13-26(22,27)5/h18,20-23,25,30H,3,7-17H2,1-2,4-6H3/t20-,21+,22-,23?,25+,26-,27+,28-,29+/m1/s1. The zero-order valence-corrected chi connectivity index (χ0v) is 20.8. The summed E-state index contributed by atoms with van der Waals surface area (Å²) < 4.78 is 0. The molecule has 0 saturated heterocycles. The summed E-state index contributed by atoms with van der Waals surface area (Å²) in [7, 11) is 0. The van der Waals surface area contributed by atoms with E-state index in [0.717, 1.165) is 37.5 Å². The molecule has 2 nitrogen and oxygen atoms in total. The Morgan fingerprint density at radius 3 is 2.52 bits per heavy atom. The molecule has 9 atom stereocenters. The van der Waals surface area contributed by atoms with Crippen LogP contribution in [0.2, 0.25) is 0 Å². The van der Waals surface area contributed by atoms with Gasteiger partial charge in [0.2, 0.25) is 0 Å². The number of fused-ring (bicyclic) bond motifs is 2. The van der Waals surface area contributed by atoms with E-state index in [1.54, 1.807) is 0 Å². The lowest BCUT2D eigenvalue weighted by atomic mass is 9.43. The van der Waals surface area contributed by atoms with E-state index < -0.39 is 0 Å². The summed E-state index contributed by atoms with van der Waals surface area (Å²) in [5.74, 6) is 3.37. The van der Waals surface area contributed by atoms with Gasteiger partial charge in [-0.2, -0.15) is 0 Å². The van der Waals surface area contributed by atoms with Crippen molar-refractivity contribution in [1.29, 1.82) is 0 Å². The van der Waals surface area contributed by atoms with Crippen LogP contribution in [-0.2, 0) is 4.79 Å². The van der Waals surface area contributed by atoms with Gasteiger partial charge in [0.1, 0.15) is 5.78 Å². The lowest BCUT2D eigenvalue weighted by molar-refractivity contribution is -0.157. The molecule has 0 aromatic rings. The molecule has 5 fully saturated rings. The van der Waals surface area contributed by atoms with Gasteiger partial charge in [0.15, 0.2) is 0 Å². The van der Waals surface area contributed by atoms with Gasteiger partial charge in [-0.3, -0.25) is 4.79 Å². The third-order valence-electron chi connectivity index (χ3n) is 12.4. The number of hydrogen-bond acceptors (Lipinski definition) is 2. The van der Waals surface area contributed by atoms with Gasteiger partial charge in [0.25, 0.3) is 0 Å². The van der Waals surface area contributed by atoms with Crippen LogP contribution < -0.4 is 0 Å². The molecule has 0 aromatic carbocycles. The van der Waals surface area contributed by atoms with Gasteiger partial charge >= 0.3 is 0 Å². The highest BCUT2D eigenvalue weighted by atomic mass is 16.3. The van der Waals surface area contributed by atoms with Gasteiger partial charge in [-0.25, -0.2) is 0 Å². The highest BCUT2D eigenvalue weighted by molar-refractivity contribution is 5.85. The quantitative estimate of drug-likeness (QED) is 0.483. The minimum absolute atomic E-state index is 0.165. The van der Waals surface area contributed by atoms with E-state index in [4.69, 9.17) is 0 Å². The normalized spacial score (nSPS) is 51.5. The number of rotatable bonds is 5. The molecule has 5 aliphatic rings. The van der Waals surface area contributed by atoms with Crippen LogP contribution in [0.5, 0.6) is 0 Å². The van der Waals surface area contributed by atoms with E-state index in [0.29, 0.717) is 33.9 Å². The summed E-state index contributed by atoms with van der Waals surface area (Å²) in [4.78, 5) is 13.4. The van der Waals surface area contributed by atoms with Crippen LogP contribution in [0.4, 0.5) is 0 Å². The highest BCUT2D eigenvalue weighted by Gasteiger charge is 2.82. The van der Waals surface area contributed by atoms with E-state index in [-0.39, 0.29) is 17.4 Å². The molecule has 2 spiro atoms. The maximum Gasteiger partial charge on any atom is 0.136 e. The van der Waals surface area contributed by atoms with Gasteiger partial charge in [0.05, 0.1) is 6.10 Å². The lowest BCUT2D eigenvalue weighted by Gasteiger charge is -2.61. The maximum atomic E-state index is 13.4. The van der Waals surface area contributed by atoms with Crippen LogP contribution >= 0.6 is 0 Å². The Morgan fingerprint density at radius 2 is 1.81 bits per heavy atom. The molecule has 5 saturated carbocycles. The summed E-state index contributed by atoms with van der Waals surface area (Å²) in [6.45, 7) is 16.6. The van der Waals surface area contributed by atoms with Crippen LogP contribution in [0.15, 0.2) is 12.2 Å². The van der Waals surface area contributed by atoms with E-state index >= 15 is 0 Å². The van der Waals surface area contributed by atoms with Crippen molar-refractivity contribution in [2.45, 2.75) is 111 Å². The SMILES string of the molecule is C=C(CC[C@@H](C)[C@H]1CC[C@@]2(C)[C@@H]3CC(=O)C4C[C@@H](O)CC[C@@]45C[C@@]35CC[C@]12C)C(C)C. The molecule has 0 aromatic heterocycles. The van der Waals surface area contributed by atoms with Crippen LogP contribution in [0.3, 0.4) is 0 Å². The fourth-order valence-corrected chi connectivity index (χ4v) is 10.2. The first-order valence-corrected chi connectivity index (χ1v) is 13.4. The Balaban J connectivity index is 1.39. The number of allylic oxidation sites excluding steroid dienone is 1. The molecule has 174 valence electrons. The van der Waals surface area contributed by atoms with Crippen LogP contribution in [0.1, 0.15) is 105 Å². The second kappa shape index (κ2) is 6.94. The lowest BCUT2D eigenvalue weighted by Crippen LogP contribution is -2.56. The molecule has 31 heavy (non-hydrogen) atoms. The topological polar surface area (TPSA) is 37.3 Å². The van der Waals surface area contributed by atoms with Gasteiger partial charge in [-0.1, -0.05) is 46.8 Å². The maximum absolute atomic E-state index is 13.4. The molecule has 0 aliphatic heterocycles. The third-order valence-corrected chi connectivity index (χ3v) is 12.4. The van der Waals surface area contributed by atoms with Crippen molar-refractivity contribution >= 4 is 5.78 Å². The molecular weight excluding hydrogens is 380 g/mol. The monoisotopic (exact) mass is 426 g/mol. The van der Waals surface area contributed by atoms with Gasteiger partial charge in [-0.15, -0.1) is 0 Å². The molecule has 2 heteroatoms. The number of aliphatic hydroxyl groups is 1. The number of carbonyl (C=O) groups excluding carboxylic acids is 1. The number of aliphatic hydroxyl groups excluding tert-OH is 1. The van der Waals surface area contributed by atoms with E-state index in [9.17, 15) is 9.90 Å². The first-order chi connectivity index (χ1) is 14.5. The predicted octanol–water partition coefficient (Wildman–Crippen LogP) is 6.96. The average Bonchev–Trinajstić information content (AvgIpc) is 3.29. The van der Waals surface area contributed by atoms with Crippen molar-refractivity contribution < 1.29 is 9.90 Å². The Hall–Kier alpha value is -0.630. The Bertz CT molecular complexity index is 784. The minimum Gasteiger partial charge on any atom is -0.393 e. The summed E-state index contributed by atoms with van der Waals surface area (Å²) in [5.41, 5.74) is 2.76. The smallest absolute Gasteiger partial charge is 0.136 e. The second-order valence-electron chi connectivity index (χ2n) is 13.5. The molecule has 0 heterocycles. The Labute approximate surface area is 190 Å². The van der Waals surface area contributed by atoms with Crippen LogP contribution in [0, 0.1) is 51.2 Å². The van der Waals surface area contributed by atoms with Crippen molar-refractivity contribution in [3.05, 3.63) is 12.2 Å². The van der Waals surface area contributed by atoms with Crippen LogP contribution in [0.25, 0.3) is 0 Å². The predicted molar refractivity (Wildman–Crippen MR) is 126 cm³/mol. The third kappa shape index (κ3) is 2.75. The largest absolute Gasteiger partial charge is 0.393 e. The molecular formula is C29H46O2. The van der Waals surface area contributed by atoms with Gasteiger partial charge in [-0.05, 0) is 110 Å². The zero-order chi connectivity index (χ0) is 22.4. The van der Waals surface area contributed by atoms with Crippen LogP contribution in [-0.4, -0.2) is 17.0 Å². The Kier molecular flexibility index (Phi) is 4.96. The molecule has 0 radical (unpaired) electrons. The van der Waals surface area contributed by atoms with E-state index in [2.05, 4.69) is 41.2 Å². The van der Waals surface area contributed by atoms with E-state index in [1.165, 1.54) is 50.5 Å². The van der Waals surface area contributed by atoms with Gasteiger partial charge in [0, 0.05) is 12.3 Å². The number of Topliss-reactive ketones (excluding diaryl/α,β-unsaturated/α-hetero) is 1. The molecule has 5 aliphatic carbocycles. The average molecular weight is 427 g/mol. The van der Waals surface area contributed by atoms with Crippen molar-refractivity contribution in [2.24, 2.45) is 51.2 Å². The summed E-state index contributed by atoms with van der Waals surface area (Å²) in [6.07, 6.45) is 12.4. The first-order valence-electron chi connectivity index (χ1n) is 13.4. The minimum atomic E-state index is -0.240. The molecule has 0 amide bonds. The molecule has 1 unspecified atom stereocenters. The first kappa shape index (κ1) is 22.2. The van der Waals surface area contributed by atoms with Crippen molar-refractivity contribution in [2.75, 3.05) is 0 Å². The van der Waals surface area contributed by atoms with E-state index in [1.807, 2.05) is 0 Å². The number of carbonyl (C=O) groups is 1. The molecule has 1 N–H and O–H groups in total. The summed E-state index contributed by atoms with van der Waals surface area (Å²) >= 11 is 0. The zero-order valence-electron chi connectivity index (χ0n) is 20.8. The number of hydrogen-bond donors (Lipinski definition) is 1. The fourth-order valence-electron chi connectivity index (χ4n) is 10.2. The second-order valence-corrected chi connectivity index (χ2v) is 13.5. The number of ketones is 1. The highest BCUT2D eigenvalue weighted by Crippen LogP contribution is 2.87. The van der Waals surface area contributed by atoms with Gasteiger partial charge < -0.3 is 5.11 Å². The van der Waals surface area contributed by atoms with Crippen molar-refractivity contribution in [3.63, 3.8) is 0 Å². The van der Waals surface area contributed by atoms with Crippen molar-refractivity contribution in [3.8, 4) is 0 Å². The van der Waals surface area contributed by atoms with Crippen molar-refractivity contribution in [1.82, 2.24) is 0 Å².